The fourth-order valence-electron chi connectivity index (χ4n) is 1.47. The number of rotatable bonds is 3. The van der Waals surface area contributed by atoms with Gasteiger partial charge in [-0.1, -0.05) is 6.07 Å². The first-order valence-electron chi connectivity index (χ1n) is 4.95. The lowest BCUT2D eigenvalue weighted by Crippen LogP contribution is -2.37. The molecule has 1 rings (SSSR count). The first kappa shape index (κ1) is 12.4. The molecule has 0 radical (unpaired) electrons. The van der Waals surface area contributed by atoms with Gasteiger partial charge in [-0.05, 0) is 19.9 Å². The molecule has 0 aromatic carbocycles. The third-order valence-electron chi connectivity index (χ3n) is 2.70. The number of hydrogen-bond donors (Lipinski definition) is 2. The Balaban J connectivity index is 3.07. The summed E-state index contributed by atoms with van der Waals surface area (Å²) < 4.78 is 4.72. The largest absolute Gasteiger partial charge is 0.469 e. The van der Waals surface area contributed by atoms with Crippen molar-refractivity contribution in [3.63, 3.8) is 0 Å². The molecule has 0 unspecified atom stereocenters. The van der Waals surface area contributed by atoms with Crippen molar-refractivity contribution in [1.82, 2.24) is 4.98 Å². The molecule has 5 nitrogen and oxygen atoms in total. The highest BCUT2D eigenvalue weighted by Gasteiger charge is 2.37. The van der Waals surface area contributed by atoms with Crippen LogP contribution in [0.15, 0.2) is 18.3 Å². The second-order valence-electron chi connectivity index (χ2n) is 4.17. The van der Waals surface area contributed by atoms with Crippen LogP contribution in [0, 0.1) is 5.41 Å². The maximum absolute atomic E-state index is 11.6. The Hall–Kier alpha value is -1.62. The predicted molar refractivity (Wildman–Crippen MR) is 61.4 cm³/mol. The number of ether oxygens (including phenoxy) is 1. The molecule has 1 aromatic rings. The smallest absolute Gasteiger partial charge is 0.313 e. The Morgan fingerprint density at radius 3 is 2.69 bits per heavy atom. The number of methoxy groups -OCH3 is 1. The average Bonchev–Trinajstić information content (AvgIpc) is 2.27. The van der Waals surface area contributed by atoms with Crippen molar-refractivity contribution in [2.75, 3.05) is 12.8 Å². The molecule has 0 saturated heterocycles. The van der Waals surface area contributed by atoms with E-state index in [1.54, 1.807) is 32.2 Å². The lowest BCUT2D eigenvalue weighted by Gasteiger charge is -2.29. The number of esters is 1. The summed E-state index contributed by atoms with van der Waals surface area (Å²) in [6.07, 6.45) is 1.58. The number of aromatic nitrogens is 1. The van der Waals surface area contributed by atoms with Gasteiger partial charge in [0.1, 0.15) is 5.82 Å². The van der Waals surface area contributed by atoms with Gasteiger partial charge >= 0.3 is 5.97 Å². The van der Waals surface area contributed by atoms with E-state index < -0.39 is 11.5 Å². The highest BCUT2D eigenvalue weighted by atomic mass is 16.5. The van der Waals surface area contributed by atoms with Gasteiger partial charge in [0.2, 0.25) is 0 Å². The van der Waals surface area contributed by atoms with E-state index in [2.05, 4.69) is 4.98 Å². The zero-order valence-corrected chi connectivity index (χ0v) is 9.73. The number of carbonyl (C=O) groups excluding carboxylic acids is 1. The van der Waals surface area contributed by atoms with Crippen LogP contribution < -0.4 is 11.5 Å². The fourth-order valence-corrected chi connectivity index (χ4v) is 1.47. The van der Waals surface area contributed by atoms with Crippen LogP contribution in [0.25, 0.3) is 0 Å². The van der Waals surface area contributed by atoms with Crippen molar-refractivity contribution in [3.8, 4) is 0 Å². The Bertz CT molecular complexity index is 391. The topological polar surface area (TPSA) is 91.2 Å². The van der Waals surface area contributed by atoms with Crippen molar-refractivity contribution in [2.45, 2.75) is 19.9 Å². The lowest BCUT2D eigenvalue weighted by atomic mass is 9.81. The molecule has 0 saturated carbocycles. The molecule has 1 heterocycles. The van der Waals surface area contributed by atoms with E-state index in [0.717, 1.165) is 0 Å². The van der Waals surface area contributed by atoms with Gasteiger partial charge in [0.05, 0.1) is 12.5 Å². The summed E-state index contributed by atoms with van der Waals surface area (Å²) >= 11 is 0. The molecule has 0 fully saturated rings. The van der Waals surface area contributed by atoms with Crippen LogP contribution >= 0.6 is 0 Å². The van der Waals surface area contributed by atoms with Crippen LogP contribution in [0.1, 0.15) is 25.5 Å². The standard InChI is InChI=1S/C11H17N3O2/c1-11(2,10(15)16-3)8(12)7-5-4-6-14-9(7)13/h4-6,8H,12H2,1-3H3,(H2,13,14)/t8-/m1/s1. The summed E-state index contributed by atoms with van der Waals surface area (Å²) in [4.78, 5) is 15.5. The van der Waals surface area contributed by atoms with Gasteiger partial charge in [-0.2, -0.15) is 0 Å². The molecular formula is C11H17N3O2. The molecular weight excluding hydrogens is 206 g/mol. The number of nitrogens with zero attached hydrogens (tertiary/aromatic N) is 1. The van der Waals surface area contributed by atoms with E-state index in [4.69, 9.17) is 16.2 Å². The number of nitrogen functional groups attached to an aromatic ring is 1. The summed E-state index contributed by atoms with van der Waals surface area (Å²) in [5, 5.41) is 0. The normalized spacial score (nSPS) is 13.2. The van der Waals surface area contributed by atoms with E-state index in [1.165, 1.54) is 7.11 Å². The number of pyridine rings is 1. The van der Waals surface area contributed by atoms with Crippen molar-refractivity contribution < 1.29 is 9.53 Å². The van der Waals surface area contributed by atoms with Crippen LogP contribution in [-0.2, 0) is 9.53 Å². The van der Waals surface area contributed by atoms with Crippen molar-refractivity contribution in [1.29, 1.82) is 0 Å². The Labute approximate surface area is 94.8 Å². The molecule has 1 atom stereocenters. The fraction of sp³-hybridized carbons (Fsp3) is 0.455. The Morgan fingerprint density at radius 2 is 2.19 bits per heavy atom. The first-order valence-corrected chi connectivity index (χ1v) is 4.95. The molecule has 5 heteroatoms. The molecule has 16 heavy (non-hydrogen) atoms. The van der Waals surface area contributed by atoms with Gasteiger partial charge in [0.25, 0.3) is 0 Å². The summed E-state index contributed by atoms with van der Waals surface area (Å²) in [5.74, 6) is -0.0322. The maximum Gasteiger partial charge on any atom is 0.313 e. The second kappa shape index (κ2) is 4.49. The highest BCUT2D eigenvalue weighted by Crippen LogP contribution is 2.34. The van der Waals surface area contributed by atoms with E-state index >= 15 is 0 Å². The molecule has 0 amide bonds. The zero-order chi connectivity index (χ0) is 12.3. The van der Waals surface area contributed by atoms with E-state index in [1.807, 2.05) is 0 Å². The average molecular weight is 223 g/mol. The predicted octanol–water partition coefficient (Wildman–Crippen LogP) is 0.863. The summed E-state index contributed by atoms with van der Waals surface area (Å²) in [7, 11) is 1.34. The zero-order valence-electron chi connectivity index (χ0n) is 9.73. The SMILES string of the molecule is COC(=O)C(C)(C)[C@H](N)c1cccnc1N. The Kier molecular flexibility index (Phi) is 3.49. The molecule has 4 N–H and O–H groups in total. The summed E-state index contributed by atoms with van der Waals surface area (Å²) in [6.45, 7) is 3.44. The third kappa shape index (κ3) is 2.14. The quantitative estimate of drug-likeness (QED) is 0.742. The maximum atomic E-state index is 11.6. The van der Waals surface area contributed by atoms with Crippen LogP contribution in [0.4, 0.5) is 5.82 Å². The monoisotopic (exact) mass is 223 g/mol. The summed E-state index contributed by atoms with van der Waals surface area (Å²) in [6, 6.07) is 2.95. The van der Waals surface area contributed by atoms with E-state index in [-0.39, 0.29) is 5.97 Å². The first-order chi connectivity index (χ1) is 7.41. The highest BCUT2D eigenvalue weighted by molar-refractivity contribution is 5.77. The van der Waals surface area contributed by atoms with Crippen molar-refractivity contribution in [2.24, 2.45) is 11.1 Å². The number of carbonyl (C=O) groups is 1. The van der Waals surface area contributed by atoms with Gasteiger partial charge in [-0.15, -0.1) is 0 Å². The van der Waals surface area contributed by atoms with Crippen LogP contribution in [0.2, 0.25) is 0 Å². The van der Waals surface area contributed by atoms with Crippen LogP contribution in [0.5, 0.6) is 0 Å². The second-order valence-corrected chi connectivity index (χ2v) is 4.17. The Morgan fingerprint density at radius 1 is 1.56 bits per heavy atom. The van der Waals surface area contributed by atoms with Gasteiger partial charge in [-0.25, -0.2) is 4.98 Å². The number of nitrogens with two attached hydrogens (primary N) is 2. The molecule has 88 valence electrons. The molecule has 0 spiro atoms. The molecule has 0 bridgehead atoms. The minimum absolute atomic E-state index is 0.340. The third-order valence-corrected chi connectivity index (χ3v) is 2.70. The number of hydrogen-bond acceptors (Lipinski definition) is 5. The van der Waals surface area contributed by atoms with Crippen LogP contribution in [0.3, 0.4) is 0 Å². The van der Waals surface area contributed by atoms with Gasteiger partial charge < -0.3 is 16.2 Å². The lowest BCUT2D eigenvalue weighted by molar-refractivity contribution is -0.152. The van der Waals surface area contributed by atoms with Crippen LogP contribution in [-0.4, -0.2) is 18.1 Å². The molecule has 0 aliphatic heterocycles. The minimum Gasteiger partial charge on any atom is -0.469 e. The molecule has 1 aromatic heterocycles. The summed E-state index contributed by atoms with van der Waals surface area (Å²) in [5.41, 5.74) is 11.6. The van der Waals surface area contributed by atoms with Gasteiger partial charge in [0, 0.05) is 17.8 Å². The number of anilines is 1. The van der Waals surface area contributed by atoms with Crippen molar-refractivity contribution in [3.05, 3.63) is 23.9 Å². The van der Waals surface area contributed by atoms with Crippen molar-refractivity contribution >= 4 is 11.8 Å². The van der Waals surface area contributed by atoms with E-state index in [9.17, 15) is 4.79 Å². The van der Waals surface area contributed by atoms with Gasteiger partial charge in [0.15, 0.2) is 0 Å². The molecule has 0 aliphatic carbocycles. The molecule has 0 aliphatic rings. The minimum atomic E-state index is -0.841. The van der Waals surface area contributed by atoms with Gasteiger partial charge in [-0.3, -0.25) is 4.79 Å². The van der Waals surface area contributed by atoms with E-state index in [0.29, 0.717) is 11.4 Å².